The van der Waals surface area contributed by atoms with E-state index in [1.54, 1.807) is 32.0 Å². The molecule has 0 fully saturated rings. The van der Waals surface area contributed by atoms with Gasteiger partial charge in [0.05, 0.1) is 28.7 Å². The molecule has 0 aliphatic carbocycles. The lowest BCUT2D eigenvalue weighted by Gasteiger charge is -2.16. The maximum absolute atomic E-state index is 12.8. The van der Waals surface area contributed by atoms with Crippen molar-refractivity contribution < 1.29 is 22.7 Å². The third-order valence-electron chi connectivity index (χ3n) is 4.37. The van der Waals surface area contributed by atoms with E-state index in [1.165, 1.54) is 31.4 Å². The van der Waals surface area contributed by atoms with Crippen molar-refractivity contribution in [2.75, 3.05) is 17.1 Å². The van der Waals surface area contributed by atoms with Gasteiger partial charge in [0.25, 0.3) is 10.0 Å². The minimum Gasteiger partial charge on any atom is -0.465 e. The van der Waals surface area contributed by atoms with Crippen LogP contribution in [0.3, 0.4) is 0 Å². The van der Waals surface area contributed by atoms with Gasteiger partial charge in [-0.2, -0.15) is 0 Å². The van der Waals surface area contributed by atoms with Gasteiger partial charge in [0.2, 0.25) is 5.91 Å². The number of anilines is 2. The predicted octanol–water partition coefficient (Wildman–Crippen LogP) is 2.50. The minimum atomic E-state index is -3.96. The number of carbonyl (C=O) groups excluding carboxylic acids is 2. The first kappa shape index (κ1) is 17.9. The average Bonchev–Trinajstić information content (AvgIpc) is 2.83. The molecule has 3 rings (SSSR count). The average molecular weight is 374 g/mol. The molecule has 0 aromatic heterocycles. The van der Waals surface area contributed by atoms with Crippen molar-refractivity contribution in [1.29, 1.82) is 0 Å². The summed E-state index contributed by atoms with van der Waals surface area (Å²) in [5.74, 6) is -0.834. The molecule has 0 atom stereocenters. The van der Waals surface area contributed by atoms with Crippen LogP contribution in [-0.2, 0) is 25.0 Å². The first-order chi connectivity index (χ1) is 12.2. The third kappa shape index (κ3) is 2.92. The summed E-state index contributed by atoms with van der Waals surface area (Å²) in [6.07, 6.45) is 0. The maximum atomic E-state index is 12.8. The Labute approximate surface area is 151 Å². The van der Waals surface area contributed by atoms with E-state index < -0.39 is 21.4 Å². The normalized spacial score (nSPS) is 15.1. The third-order valence-corrected chi connectivity index (χ3v) is 5.73. The van der Waals surface area contributed by atoms with Crippen LogP contribution in [-0.4, -0.2) is 27.4 Å². The number of hydrogen-bond donors (Lipinski definition) is 2. The molecule has 2 aromatic rings. The van der Waals surface area contributed by atoms with Crippen LogP contribution in [0.5, 0.6) is 0 Å². The topological polar surface area (TPSA) is 102 Å². The molecule has 26 heavy (non-hydrogen) atoms. The van der Waals surface area contributed by atoms with Gasteiger partial charge in [-0.3, -0.25) is 9.52 Å². The van der Waals surface area contributed by atoms with Crippen LogP contribution in [0.2, 0.25) is 0 Å². The number of carbonyl (C=O) groups is 2. The van der Waals surface area contributed by atoms with Crippen molar-refractivity contribution in [3.63, 3.8) is 0 Å². The van der Waals surface area contributed by atoms with Gasteiger partial charge in [-0.1, -0.05) is 12.1 Å². The first-order valence-electron chi connectivity index (χ1n) is 7.83. The molecule has 0 bridgehead atoms. The second kappa shape index (κ2) is 6.14. The van der Waals surface area contributed by atoms with Crippen molar-refractivity contribution in [2.45, 2.75) is 24.2 Å². The molecule has 8 heteroatoms. The van der Waals surface area contributed by atoms with Gasteiger partial charge in [0.15, 0.2) is 0 Å². The van der Waals surface area contributed by atoms with Crippen LogP contribution in [0.4, 0.5) is 11.4 Å². The minimum absolute atomic E-state index is 0.000457. The highest BCUT2D eigenvalue weighted by Gasteiger charge is 2.39. The Morgan fingerprint density at radius 1 is 1.15 bits per heavy atom. The molecule has 0 saturated heterocycles. The molecule has 0 unspecified atom stereocenters. The summed E-state index contributed by atoms with van der Waals surface area (Å²) in [4.78, 5) is 23.9. The van der Waals surface area contributed by atoms with Gasteiger partial charge in [-0.15, -0.1) is 0 Å². The monoisotopic (exact) mass is 374 g/mol. The van der Waals surface area contributed by atoms with E-state index in [1.807, 2.05) is 0 Å². The second-order valence-electron chi connectivity index (χ2n) is 6.43. The zero-order valence-corrected chi connectivity index (χ0v) is 15.3. The smallest absolute Gasteiger partial charge is 0.339 e. The number of methoxy groups -OCH3 is 1. The largest absolute Gasteiger partial charge is 0.465 e. The molecule has 0 spiro atoms. The molecule has 136 valence electrons. The summed E-state index contributed by atoms with van der Waals surface area (Å²) in [5, 5.41) is 2.73. The Morgan fingerprint density at radius 2 is 1.85 bits per heavy atom. The van der Waals surface area contributed by atoms with E-state index in [0.717, 1.165) is 0 Å². The van der Waals surface area contributed by atoms with Crippen molar-refractivity contribution in [1.82, 2.24) is 0 Å². The fourth-order valence-electron chi connectivity index (χ4n) is 2.78. The van der Waals surface area contributed by atoms with E-state index in [-0.39, 0.29) is 22.1 Å². The molecule has 1 aliphatic heterocycles. The van der Waals surface area contributed by atoms with E-state index in [4.69, 9.17) is 0 Å². The number of hydrogen-bond acceptors (Lipinski definition) is 5. The molecule has 1 amide bonds. The molecule has 7 nitrogen and oxygen atoms in total. The highest BCUT2D eigenvalue weighted by Crippen LogP contribution is 2.38. The molecule has 2 N–H and O–H groups in total. The first-order valence-corrected chi connectivity index (χ1v) is 9.31. The number of amides is 1. The number of sulfonamides is 1. The fourth-order valence-corrected chi connectivity index (χ4v) is 3.89. The molecule has 1 aliphatic rings. The highest BCUT2D eigenvalue weighted by molar-refractivity contribution is 7.92. The number of fused-ring (bicyclic) bond motifs is 1. The maximum Gasteiger partial charge on any atom is 0.339 e. The SMILES string of the molecule is COC(=O)c1ccccc1NS(=O)(=O)c1ccc2c(c1)C(C)(C)C(=O)N2. The van der Waals surface area contributed by atoms with Gasteiger partial charge in [-0.05, 0) is 49.7 Å². The number of benzene rings is 2. The molecule has 2 aromatic carbocycles. The number of para-hydroxylation sites is 1. The van der Waals surface area contributed by atoms with Crippen molar-refractivity contribution in [3.8, 4) is 0 Å². The van der Waals surface area contributed by atoms with E-state index in [0.29, 0.717) is 11.3 Å². The molecule has 0 radical (unpaired) electrons. The summed E-state index contributed by atoms with van der Waals surface area (Å²) in [6.45, 7) is 3.45. The lowest BCUT2D eigenvalue weighted by molar-refractivity contribution is -0.119. The number of esters is 1. The van der Waals surface area contributed by atoms with Crippen LogP contribution in [0.25, 0.3) is 0 Å². The summed E-state index contributed by atoms with van der Waals surface area (Å²) in [7, 11) is -2.74. The lowest BCUT2D eigenvalue weighted by atomic mass is 9.86. The fraction of sp³-hybridized carbons (Fsp3) is 0.222. The van der Waals surface area contributed by atoms with Crippen molar-refractivity contribution >= 4 is 33.3 Å². The quantitative estimate of drug-likeness (QED) is 0.801. The van der Waals surface area contributed by atoms with Crippen LogP contribution >= 0.6 is 0 Å². The number of ether oxygens (including phenoxy) is 1. The van der Waals surface area contributed by atoms with Gasteiger partial charge >= 0.3 is 5.97 Å². The summed E-state index contributed by atoms with van der Waals surface area (Å²) in [6, 6.07) is 10.6. The highest BCUT2D eigenvalue weighted by atomic mass is 32.2. The van der Waals surface area contributed by atoms with Crippen LogP contribution < -0.4 is 10.0 Å². The second-order valence-corrected chi connectivity index (χ2v) is 8.11. The summed E-state index contributed by atoms with van der Waals surface area (Å²) in [5.41, 5.74) is 0.593. The Balaban J connectivity index is 2.00. The molecule has 0 saturated carbocycles. The van der Waals surface area contributed by atoms with E-state index in [2.05, 4.69) is 14.8 Å². The van der Waals surface area contributed by atoms with Crippen molar-refractivity contribution in [3.05, 3.63) is 53.6 Å². The van der Waals surface area contributed by atoms with Crippen LogP contribution in [0, 0.1) is 0 Å². The molecular formula is C18H18N2O5S. The Kier molecular flexibility index (Phi) is 4.23. The van der Waals surface area contributed by atoms with E-state index in [9.17, 15) is 18.0 Å². The van der Waals surface area contributed by atoms with Crippen LogP contribution in [0.1, 0.15) is 29.8 Å². The summed E-state index contributed by atoms with van der Waals surface area (Å²) >= 11 is 0. The standard InChI is InChI=1S/C18H18N2O5S/c1-18(2)13-10-11(8-9-15(13)19-17(18)22)26(23,24)20-14-7-5-4-6-12(14)16(21)25-3/h4-10,20H,1-3H3,(H,19,22). The van der Waals surface area contributed by atoms with Gasteiger partial charge in [0.1, 0.15) is 0 Å². The Bertz CT molecular complexity index is 1010. The lowest BCUT2D eigenvalue weighted by Crippen LogP contribution is -2.27. The van der Waals surface area contributed by atoms with Gasteiger partial charge < -0.3 is 10.1 Å². The molecular weight excluding hydrogens is 356 g/mol. The molecule has 1 heterocycles. The zero-order valence-electron chi connectivity index (χ0n) is 14.5. The van der Waals surface area contributed by atoms with Crippen molar-refractivity contribution in [2.24, 2.45) is 0 Å². The Hall–Kier alpha value is -2.87. The van der Waals surface area contributed by atoms with Gasteiger partial charge in [-0.25, -0.2) is 13.2 Å². The number of nitrogens with one attached hydrogen (secondary N) is 2. The predicted molar refractivity (Wildman–Crippen MR) is 96.7 cm³/mol. The number of rotatable bonds is 4. The summed E-state index contributed by atoms with van der Waals surface area (Å²) < 4.78 is 32.7. The van der Waals surface area contributed by atoms with Gasteiger partial charge in [0, 0.05) is 5.69 Å². The van der Waals surface area contributed by atoms with E-state index >= 15 is 0 Å². The van der Waals surface area contributed by atoms with Crippen LogP contribution in [0.15, 0.2) is 47.4 Å². The Morgan fingerprint density at radius 3 is 2.54 bits per heavy atom. The zero-order chi connectivity index (χ0) is 19.1.